The first-order valence-electron chi connectivity index (χ1n) is 6.20. The molecule has 0 unspecified atom stereocenters. The quantitative estimate of drug-likeness (QED) is 0.583. The van der Waals surface area contributed by atoms with Gasteiger partial charge in [0.1, 0.15) is 0 Å². The van der Waals surface area contributed by atoms with Gasteiger partial charge in [-0.25, -0.2) is 4.79 Å². The lowest BCUT2D eigenvalue weighted by Gasteiger charge is -2.10. The topological polar surface area (TPSA) is 67.4 Å². The minimum Gasteiger partial charge on any atom is -0.391 e. The summed E-state index contributed by atoms with van der Waals surface area (Å²) >= 11 is 6.61. The van der Waals surface area contributed by atoms with Crippen LogP contribution in [0.15, 0.2) is 54.6 Å². The molecule has 0 fully saturated rings. The molecule has 2 aromatic carbocycles. The van der Waals surface area contributed by atoms with Crippen molar-refractivity contribution in [3.05, 3.63) is 65.7 Å². The number of thiocarbonyl (C=S) groups is 1. The zero-order valence-corrected chi connectivity index (χ0v) is 14.2. The first-order valence-corrected chi connectivity index (χ1v) is 7.49. The van der Waals surface area contributed by atoms with E-state index in [4.69, 9.17) is 12.2 Å². The van der Waals surface area contributed by atoms with Gasteiger partial charge in [-0.2, -0.15) is 0 Å². The highest BCUT2D eigenvalue weighted by Crippen LogP contribution is 2.12. The average molecular weight is 426 g/mol. The van der Waals surface area contributed by atoms with E-state index >= 15 is 0 Å². The summed E-state index contributed by atoms with van der Waals surface area (Å²) < 4.78 is 4.62. The number of halogens is 1. The summed E-state index contributed by atoms with van der Waals surface area (Å²) in [6.45, 7) is 0. The molecule has 0 aliphatic rings. The fourth-order valence-corrected chi connectivity index (χ4v) is 2.16. The van der Waals surface area contributed by atoms with Crippen molar-refractivity contribution < 1.29 is 12.7 Å². The Morgan fingerprint density at radius 1 is 1.00 bits per heavy atom. The van der Waals surface area contributed by atoms with Crippen molar-refractivity contribution in [2.45, 2.75) is 0 Å². The number of nitrogens with one attached hydrogen (secondary N) is 2. The predicted octanol–water partition coefficient (Wildman–Crippen LogP) is 3.32. The molecule has 22 heavy (non-hydrogen) atoms. The second kappa shape index (κ2) is 7.85. The van der Waals surface area contributed by atoms with Crippen LogP contribution in [0, 0.1) is 0 Å². The Morgan fingerprint density at radius 3 is 2.36 bits per heavy atom. The molecule has 0 saturated heterocycles. The smallest absolute Gasteiger partial charge is 0.347 e. The van der Waals surface area contributed by atoms with Gasteiger partial charge in [0.05, 0.1) is 5.56 Å². The third-order valence-corrected chi connectivity index (χ3v) is 3.29. The van der Waals surface area contributed by atoms with Crippen LogP contribution >= 0.6 is 35.2 Å². The summed E-state index contributed by atoms with van der Waals surface area (Å²) in [5.74, 6) is -0.760. The number of benzene rings is 2. The van der Waals surface area contributed by atoms with Gasteiger partial charge in [0, 0.05) is 11.3 Å². The summed E-state index contributed by atoms with van der Waals surface area (Å²) in [5.41, 5.74) is 1.48. The second-order valence-electron chi connectivity index (χ2n) is 4.22. The number of amides is 1. The van der Waals surface area contributed by atoms with Gasteiger partial charge >= 0.3 is 5.97 Å². The van der Waals surface area contributed by atoms with E-state index in [0.29, 0.717) is 16.8 Å². The number of carbonyl (C=O) groups is 2. The molecular formula is C15H11IN2O3S. The van der Waals surface area contributed by atoms with Crippen LogP contribution in [-0.2, 0) is 3.07 Å². The molecule has 0 heterocycles. The van der Waals surface area contributed by atoms with Crippen LogP contribution in [0.3, 0.4) is 0 Å². The first kappa shape index (κ1) is 16.4. The largest absolute Gasteiger partial charge is 0.391 e. The molecule has 2 N–H and O–H groups in total. The van der Waals surface area contributed by atoms with E-state index in [2.05, 4.69) is 13.7 Å². The third-order valence-electron chi connectivity index (χ3n) is 2.69. The molecule has 112 valence electrons. The number of carbonyl (C=O) groups excluding carboxylic acids is 2. The van der Waals surface area contributed by atoms with Crippen LogP contribution in [0.4, 0.5) is 5.69 Å². The van der Waals surface area contributed by atoms with Gasteiger partial charge in [-0.15, -0.1) is 0 Å². The molecule has 7 heteroatoms. The van der Waals surface area contributed by atoms with Crippen molar-refractivity contribution in [1.82, 2.24) is 5.32 Å². The van der Waals surface area contributed by atoms with Gasteiger partial charge < -0.3 is 8.38 Å². The van der Waals surface area contributed by atoms with Gasteiger partial charge in [0.15, 0.2) is 28.1 Å². The average Bonchev–Trinajstić information content (AvgIpc) is 2.55. The van der Waals surface area contributed by atoms with E-state index in [1.165, 1.54) is 23.0 Å². The molecule has 0 atom stereocenters. The fraction of sp³-hybridized carbons (Fsp3) is 0. The van der Waals surface area contributed by atoms with Crippen LogP contribution in [-0.4, -0.2) is 17.0 Å². The number of rotatable bonds is 3. The zero-order valence-electron chi connectivity index (χ0n) is 11.2. The molecule has 2 aromatic rings. The summed E-state index contributed by atoms with van der Waals surface area (Å²) in [4.78, 5) is 23.4. The van der Waals surface area contributed by atoms with E-state index in [1.807, 2.05) is 6.07 Å². The van der Waals surface area contributed by atoms with Gasteiger partial charge in [-0.1, -0.05) is 24.3 Å². The highest BCUT2D eigenvalue weighted by Gasteiger charge is 2.09. The number of hydrogen-bond acceptors (Lipinski definition) is 4. The highest BCUT2D eigenvalue weighted by atomic mass is 127. The lowest BCUT2D eigenvalue weighted by molar-refractivity contribution is 0.0800. The van der Waals surface area contributed by atoms with Crippen molar-refractivity contribution in [3.8, 4) is 0 Å². The Labute approximate surface area is 146 Å². The molecule has 5 nitrogen and oxygen atoms in total. The standard InChI is InChI=1S/C15H11IN2O3S/c16-21-14(20)11-7-4-8-12(9-11)17-15(22)18-13(19)10-5-2-1-3-6-10/h1-9H,(H2,17,18,19,22). The monoisotopic (exact) mass is 426 g/mol. The van der Waals surface area contributed by atoms with Crippen molar-refractivity contribution in [3.63, 3.8) is 0 Å². The molecule has 0 spiro atoms. The predicted molar refractivity (Wildman–Crippen MR) is 96.0 cm³/mol. The Balaban J connectivity index is 2.00. The van der Waals surface area contributed by atoms with Gasteiger partial charge in [0.2, 0.25) is 0 Å². The SMILES string of the molecule is O=C(NC(=S)Nc1cccc(C(=O)OI)c1)c1ccccc1. The summed E-state index contributed by atoms with van der Waals surface area (Å²) in [5, 5.41) is 5.57. The number of hydrogen-bond donors (Lipinski definition) is 2. The van der Waals surface area contributed by atoms with Crippen molar-refractivity contribution >= 4 is 57.9 Å². The fourth-order valence-electron chi connectivity index (χ4n) is 1.70. The van der Waals surface area contributed by atoms with E-state index in [1.54, 1.807) is 48.5 Å². The molecule has 0 aliphatic carbocycles. The van der Waals surface area contributed by atoms with Crippen LogP contribution in [0.2, 0.25) is 0 Å². The molecule has 0 radical (unpaired) electrons. The lowest BCUT2D eigenvalue weighted by atomic mass is 10.2. The van der Waals surface area contributed by atoms with Crippen molar-refractivity contribution in [1.29, 1.82) is 0 Å². The molecule has 2 rings (SSSR count). The molecule has 0 aromatic heterocycles. The van der Waals surface area contributed by atoms with Crippen molar-refractivity contribution in [2.24, 2.45) is 0 Å². The molecule has 0 aliphatic heterocycles. The Kier molecular flexibility index (Phi) is 5.84. The molecule has 1 amide bonds. The van der Waals surface area contributed by atoms with E-state index in [-0.39, 0.29) is 11.0 Å². The minimum absolute atomic E-state index is 0.147. The van der Waals surface area contributed by atoms with Gasteiger partial charge in [0.25, 0.3) is 5.91 Å². The van der Waals surface area contributed by atoms with E-state index in [0.717, 1.165) is 0 Å². The Morgan fingerprint density at radius 2 is 1.68 bits per heavy atom. The first-order chi connectivity index (χ1) is 10.6. The Hall–Kier alpha value is -2.00. The van der Waals surface area contributed by atoms with Crippen LogP contribution in [0.25, 0.3) is 0 Å². The lowest BCUT2D eigenvalue weighted by Crippen LogP contribution is -2.34. The maximum absolute atomic E-state index is 12.0. The molecular weight excluding hydrogens is 415 g/mol. The maximum Gasteiger partial charge on any atom is 0.347 e. The number of anilines is 1. The second-order valence-corrected chi connectivity index (χ2v) is 5.07. The van der Waals surface area contributed by atoms with Crippen LogP contribution in [0.5, 0.6) is 0 Å². The Bertz CT molecular complexity index is 707. The normalized spacial score (nSPS) is 9.68. The molecule has 0 bridgehead atoms. The summed E-state index contributed by atoms with van der Waals surface area (Å²) in [7, 11) is 0. The van der Waals surface area contributed by atoms with Gasteiger partial charge in [-0.3, -0.25) is 10.1 Å². The summed E-state index contributed by atoms with van der Waals surface area (Å²) in [6.07, 6.45) is 0. The van der Waals surface area contributed by atoms with E-state index < -0.39 is 5.97 Å². The zero-order chi connectivity index (χ0) is 15.9. The third kappa shape index (κ3) is 4.50. The maximum atomic E-state index is 12.0. The minimum atomic E-state index is -0.455. The van der Waals surface area contributed by atoms with Crippen LogP contribution < -0.4 is 10.6 Å². The van der Waals surface area contributed by atoms with Crippen LogP contribution in [0.1, 0.15) is 20.7 Å². The van der Waals surface area contributed by atoms with E-state index in [9.17, 15) is 9.59 Å². The van der Waals surface area contributed by atoms with Crippen molar-refractivity contribution in [2.75, 3.05) is 5.32 Å². The highest BCUT2D eigenvalue weighted by molar-refractivity contribution is 14.1. The summed E-state index contributed by atoms with van der Waals surface area (Å²) in [6, 6.07) is 15.4. The van der Waals surface area contributed by atoms with Gasteiger partial charge in [-0.05, 0) is 42.5 Å². The molecule has 0 saturated carbocycles.